The van der Waals surface area contributed by atoms with Gasteiger partial charge in [0.15, 0.2) is 0 Å². The smallest absolute Gasteiger partial charge is 0.292 e. The molecule has 18 heavy (non-hydrogen) atoms. The van der Waals surface area contributed by atoms with Crippen LogP contribution in [0.1, 0.15) is 30.6 Å². The Morgan fingerprint density at radius 2 is 1.94 bits per heavy atom. The van der Waals surface area contributed by atoms with Gasteiger partial charge in [0.1, 0.15) is 11.6 Å². The van der Waals surface area contributed by atoms with Crippen LogP contribution in [0.4, 0.5) is 8.78 Å². The first-order valence-electron chi connectivity index (χ1n) is 5.69. The molecule has 1 aromatic rings. The van der Waals surface area contributed by atoms with Crippen LogP contribution in [0, 0.1) is 17.6 Å². The Balaban J connectivity index is 2.69. The molecule has 0 saturated heterocycles. The van der Waals surface area contributed by atoms with Crippen molar-refractivity contribution in [3.05, 3.63) is 35.4 Å². The molecule has 1 rings (SSSR count). The Kier molecular flexibility index (Phi) is 4.95. The average molecular weight is 255 g/mol. The Morgan fingerprint density at radius 3 is 2.56 bits per heavy atom. The number of amides is 1. The zero-order valence-corrected chi connectivity index (χ0v) is 10.3. The fourth-order valence-corrected chi connectivity index (χ4v) is 1.35. The predicted molar refractivity (Wildman–Crippen MR) is 63.2 cm³/mol. The lowest BCUT2D eigenvalue weighted by atomic mass is 10.1. The van der Waals surface area contributed by atoms with Gasteiger partial charge >= 0.3 is 0 Å². The Labute approximate surface area is 104 Å². The van der Waals surface area contributed by atoms with E-state index in [-0.39, 0.29) is 0 Å². The molecule has 0 fully saturated rings. The van der Waals surface area contributed by atoms with Gasteiger partial charge < -0.3 is 5.32 Å². The lowest BCUT2D eigenvalue weighted by molar-refractivity contribution is -0.117. The highest BCUT2D eigenvalue weighted by atomic mass is 19.1. The molecular weight excluding hydrogens is 240 g/mol. The molecule has 1 amide bonds. The second-order valence-corrected chi connectivity index (χ2v) is 4.39. The van der Waals surface area contributed by atoms with Crippen LogP contribution in [0.25, 0.3) is 0 Å². The van der Waals surface area contributed by atoms with Crippen molar-refractivity contribution in [3.8, 4) is 0 Å². The van der Waals surface area contributed by atoms with Crippen molar-refractivity contribution in [1.29, 1.82) is 0 Å². The van der Waals surface area contributed by atoms with Gasteiger partial charge in [-0.3, -0.25) is 9.59 Å². The molecule has 0 radical (unpaired) electrons. The number of carbonyl (C=O) groups is 2. The van der Waals surface area contributed by atoms with E-state index in [1.54, 1.807) is 0 Å². The molecular formula is C13H15F2NO2. The molecule has 0 saturated carbocycles. The Hall–Kier alpha value is -1.78. The number of rotatable bonds is 5. The number of benzene rings is 1. The van der Waals surface area contributed by atoms with Crippen molar-refractivity contribution < 1.29 is 18.4 Å². The highest BCUT2D eigenvalue weighted by Gasteiger charge is 2.20. The Bertz CT molecular complexity index is 458. The third-order valence-corrected chi connectivity index (χ3v) is 2.39. The van der Waals surface area contributed by atoms with Gasteiger partial charge in [0.05, 0.1) is 5.56 Å². The van der Waals surface area contributed by atoms with Gasteiger partial charge in [-0.05, 0) is 30.5 Å². The molecule has 0 unspecified atom stereocenters. The van der Waals surface area contributed by atoms with E-state index in [2.05, 4.69) is 5.32 Å². The minimum absolute atomic E-state index is 0.333. The molecule has 0 heterocycles. The van der Waals surface area contributed by atoms with E-state index < -0.39 is 28.9 Å². The molecule has 0 aliphatic rings. The van der Waals surface area contributed by atoms with E-state index in [4.69, 9.17) is 0 Å². The van der Waals surface area contributed by atoms with Crippen LogP contribution in [0.5, 0.6) is 0 Å². The standard InChI is InChI=1S/C13H15F2NO2/c1-8(2)5-6-16-13(18)12(17)10-7-9(14)3-4-11(10)15/h3-4,7-8H,5-6H2,1-2H3,(H,16,18). The zero-order chi connectivity index (χ0) is 13.7. The molecule has 3 nitrogen and oxygen atoms in total. The summed E-state index contributed by atoms with van der Waals surface area (Å²) < 4.78 is 26.1. The lowest BCUT2D eigenvalue weighted by Crippen LogP contribution is -2.32. The van der Waals surface area contributed by atoms with Gasteiger partial charge in [0.25, 0.3) is 11.7 Å². The number of hydrogen-bond donors (Lipinski definition) is 1. The van der Waals surface area contributed by atoms with E-state index in [1.807, 2.05) is 13.8 Å². The summed E-state index contributed by atoms with van der Waals surface area (Å²) in [4.78, 5) is 23.0. The first-order valence-corrected chi connectivity index (χ1v) is 5.69. The summed E-state index contributed by atoms with van der Waals surface area (Å²) in [5, 5.41) is 2.38. The largest absolute Gasteiger partial charge is 0.349 e. The molecule has 0 aliphatic heterocycles. The predicted octanol–water partition coefficient (Wildman–Crippen LogP) is 2.31. The fraction of sp³-hybridized carbons (Fsp3) is 0.385. The van der Waals surface area contributed by atoms with Gasteiger partial charge in [0.2, 0.25) is 0 Å². The molecule has 5 heteroatoms. The third-order valence-electron chi connectivity index (χ3n) is 2.39. The lowest BCUT2D eigenvalue weighted by Gasteiger charge is -2.07. The normalized spacial score (nSPS) is 10.5. The molecule has 0 spiro atoms. The molecule has 1 N–H and O–H groups in total. The van der Waals surface area contributed by atoms with Crippen LogP contribution in [0.15, 0.2) is 18.2 Å². The minimum atomic E-state index is -1.06. The quantitative estimate of drug-likeness (QED) is 0.648. The number of halogens is 2. The van der Waals surface area contributed by atoms with Crippen LogP contribution in [0.3, 0.4) is 0 Å². The maximum atomic E-state index is 13.3. The monoisotopic (exact) mass is 255 g/mol. The van der Waals surface area contributed by atoms with E-state index >= 15 is 0 Å². The first-order chi connectivity index (χ1) is 8.41. The molecule has 0 aromatic heterocycles. The van der Waals surface area contributed by atoms with Crippen molar-refractivity contribution in [1.82, 2.24) is 5.32 Å². The van der Waals surface area contributed by atoms with Crippen LogP contribution in [-0.2, 0) is 4.79 Å². The SMILES string of the molecule is CC(C)CCNC(=O)C(=O)c1cc(F)ccc1F. The fourth-order valence-electron chi connectivity index (χ4n) is 1.35. The number of carbonyl (C=O) groups excluding carboxylic acids is 2. The number of nitrogens with one attached hydrogen (secondary N) is 1. The van der Waals surface area contributed by atoms with Gasteiger partial charge in [-0.15, -0.1) is 0 Å². The topological polar surface area (TPSA) is 46.2 Å². The van der Waals surface area contributed by atoms with Crippen LogP contribution >= 0.6 is 0 Å². The molecule has 0 bridgehead atoms. The van der Waals surface area contributed by atoms with Gasteiger partial charge in [-0.2, -0.15) is 0 Å². The summed E-state index contributed by atoms with van der Waals surface area (Å²) >= 11 is 0. The highest BCUT2D eigenvalue weighted by Crippen LogP contribution is 2.10. The number of Topliss-reactive ketones (excluding diaryl/α,β-unsaturated/α-hetero) is 1. The molecule has 0 aliphatic carbocycles. The van der Waals surface area contributed by atoms with Crippen LogP contribution in [-0.4, -0.2) is 18.2 Å². The molecule has 1 aromatic carbocycles. The maximum absolute atomic E-state index is 13.3. The minimum Gasteiger partial charge on any atom is -0.349 e. The van der Waals surface area contributed by atoms with Gasteiger partial charge in [-0.1, -0.05) is 13.8 Å². The van der Waals surface area contributed by atoms with E-state index in [0.717, 1.165) is 18.2 Å². The third kappa shape index (κ3) is 3.91. The summed E-state index contributed by atoms with van der Waals surface area (Å²) in [5.41, 5.74) is -0.544. The zero-order valence-electron chi connectivity index (χ0n) is 10.3. The van der Waals surface area contributed by atoms with Crippen molar-refractivity contribution in [2.75, 3.05) is 6.54 Å². The number of ketones is 1. The van der Waals surface area contributed by atoms with Gasteiger partial charge in [0, 0.05) is 6.54 Å². The summed E-state index contributed by atoms with van der Waals surface area (Å²) in [6, 6.07) is 2.44. The van der Waals surface area contributed by atoms with Crippen molar-refractivity contribution in [2.45, 2.75) is 20.3 Å². The second-order valence-electron chi connectivity index (χ2n) is 4.39. The second kappa shape index (κ2) is 6.23. The summed E-state index contributed by atoms with van der Waals surface area (Å²) in [7, 11) is 0. The maximum Gasteiger partial charge on any atom is 0.292 e. The van der Waals surface area contributed by atoms with Gasteiger partial charge in [-0.25, -0.2) is 8.78 Å². The molecule has 98 valence electrons. The summed E-state index contributed by atoms with van der Waals surface area (Å²) in [5.74, 6) is -3.25. The highest BCUT2D eigenvalue weighted by molar-refractivity contribution is 6.42. The van der Waals surface area contributed by atoms with Crippen molar-refractivity contribution in [3.63, 3.8) is 0 Å². The summed E-state index contributed by atoms with van der Waals surface area (Å²) in [6.07, 6.45) is 0.713. The van der Waals surface area contributed by atoms with Crippen molar-refractivity contribution in [2.24, 2.45) is 5.92 Å². The Morgan fingerprint density at radius 1 is 1.28 bits per heavy atom. The van der Waals surface area contributed by atoms with Crippen LogP contribution in [0.2, 0.25) is 0 Å². The average Bonchev–Trinajstić information content (AvgIpc) is 2.30. The van der Waals surface area contributed by atoms with E-state index in [0.29, 0.717) is 18.9 Å². The van der Waals surface area contributed by atoms with Crippen molar-refractivity contribution >= 4 is 11.7 Å². The number of hydrogen-bond acceptors (Lipinski definition) is 2. The first kappa shape index (κ1) is 14.3. The van der Waals surface area contributed by atoms with E-state index in [9.17, 15) is 18.4 Å². The van der Waals surface area contributed by atoms with E-state index in [1.165, 1.54) is 0 Å². The van der Waals surface area contributed by atoms with Crippen LogP contribution < -0.4 is 5.32 Å². The molecule has 0 atom stereocenters. The summed E-state index contributed by atoms with van der Waals surface area (Å²) in [6.45, 7) is 4.28.